The average Bonchev–Trinajstić information content (AvgIpc) is 2.74. The number of aliphatic carboxylic acids is 1. The number of ether oxygens (including phenoxy) is 1. The van der Waals surface area contributed by atoms with E-state index in [0.717, 1.165) is 0 Å². The molecule has 0 aliphatic carbocycles. The van der Waals surface area contributed by atoms with Crippen LogP contribution in [0.25, 0.3) is 0 Å². The summed E-state index contributed by atoms with van der Waals surface area (Å²) in [6.07, 6.45) is 1.38. The van der Waals surface area contributed by atoms with Crippen LogP contribution < -0.4 is 10.6 Å². The summed E-state index contributed by atoms with van der Waals surface area (Å²) in [4.78, 5) is 22.6. The molecule has 1 atom stereocenters. The lowest BCUT2D eigenvalue weighted by molar-refractivity contribution is -0.139. The second-order valence-corrected chi connectivity index (χ2v) is 5.58. The lowest BCUT2D eigenvalue weighted by atomic mass is 10.2. The third kappa shape index (κ3) is 5.82. The summed E-state index contributed by atoms with van der Waals surface area (Å²) >= 11 is 0. The fourth-order valence-electron chi connectivity index (χ4n) is 1.60. The van der Waals surface area contributed by atoms with Crippen molar-refractivity contribution in [2.24, 2.45) is 0 Å². The zero-order valence-electron chi connectivity index (χ0n) is 12.7. The van der Waals surface area contributed by atoms with Crippen molar-refractivity contribution in [2.75, 3.05) is 5.32 Å². The van der Waals surface area contributed by atoms with Crippen molar-refractivity contribution in [3.63, 3.8) is 0 Å². The van der Waals surface area contributed by atoms with Crippen molar-refractivity contribution in [1.29, 1.82) is 0 Å². The lowest BCUT2D eigenvalue weighted by Crippen LogP contribution is -2.35. The molecule has 0 aromatic carbocycles. The number of nitrogens with zero attached hydrogens (tertiary/aromatic N) is 1. The van der Waals surface area contributed by atoms with E-state index in [1.807, 2.05) is 0 Å². The molecule has 21 heavy (non-hydrogen) atoms. The second kappa shape index (κ2) is 7.07. The summed E-state index contributed by atoms with van der Waals surface area (Å²) in [5, 5.41) is 20.9. The van der Waals surface area contributed by atoms with Crippen molar-refractivity contribution in [2.45, 2.75) is 52.3 Å². The summed E-state index contributed by atoms with van der Waals surface area (Å²) in [6, 6.07) is -0.644. The van der Waals surface area contributed by atoms with Crippen molar-refractivity contribution < 1.29 is 19.4 Å². The normalized spacial score (nSPS) is 12.8. The van der Waals surface area contributed by atoms with Gasteiger partial charge in [0.05, 0.1) is 6.20 Å². The first-order chi connectivity index (χ1) is 9.73. The van der Waals surface area contributed by atoms with Crippen LogP contribution in [-0.2, 0) is 16.1 Å². The molecule has 1 heterocycles. The van der Waals surface area contributed by atoms with Gasteiger partial charge in [0.25, 0.3) is 0 Å². The van der Waals surface area contributed by atoms with E-state index in [0.29, 0.717) is 17.8 Å². The number of hydrogen-bond donors (Lipinski definition) is 4. The Bertz CT molecular complexity index is 493. The summed E-state index contributed by atoms with van der Waals surface area (Å²) in [6.45, 7) is 7.34. The van der Waals surface area contributed by atoms with Crippen LogP contribution in [0.3, 0.4) is 0 Å². The third-order valence-corrected chi connectivity index (χ3v) is 2.59. The number of carboxylic acid groups (broad SMARTS) is 1. The number of amides is 1. The van der Waals surface area contributed by atoms with Gasteiger partial charge >= 0.3 is 12.1 Å². The molecule has 0 aliphatic rings. The van der Waals surface area contributed by atoms with Gasteiger partial charge in [0.2, 0.25) is 0 Å². The predicted molar refractivity (Wildman–Crippen MR) is 77.0 cm³/mol. The molecule has 0 aliphatic heterocycles. The molecular weight excluding hydrogens is 276 g/mol. The van der Waals surface area contributed by atoms with Crippen molar-refractivity contribution in [1.82, 2.24) is 15.5 Å². The quantitative estimate of drug-likeness (QED) is 0.635. The fourth-order valence-corrected chi connectivity index (χ4v) is 1.60. The van der Waals surface area contributed by atoms with E-state index in [2.05, 4.69) is 20.8 Å². The number of hydrogen-bond acceptors (Lipinski definition) is 5. The maximum absolute atomic E-state index is 11.7. The SMILES string of the molecule is CCC(NCc1cn[nH]c1NC(=O)OC(C)(C)C)C(=O)O. The van der Waals surface area contributed by atoms with Crippen LogP contribution in [0.1, 0.15) is 39.7 Å². The number of nitrogens with one attached hydrogen (secondary N) is 3. The standard InChI is InChI=1S/C13H22N4O4/c1-5-9(11(18)19)14-6-8-7-15-17-10(8)16-12(20)21-13(2,3)4/h7,9,14H,5-6H2,1-4H3,(H,18,19)(H2,15,16,17,20). The van der Waals surface area contributed by atoms with Crippen molar-refractivity contribution in [3.05, 3.63) is 11.8 Å². The molecule has 8 nitrogen and oxygen atoms in total. The summed E-state index contributed by atoms with van der Waals surface area (Å²) in [5.41, 5.74) is 0.0552. The molecule has 4 N–H and O–H groups in total. The minimum absolute atomic E-state index is 0.270. The molecular formula is C13H22N4O4. The van der Waals surface area contributed by atoms with E-state index in [1.165, 1.54) is 6.20 Å². The first-order valence-corrected chi connectivity index (χ1v) is 6.71. The van der Waals surface area contributed by atoms with E-state index in [9.17, 15) is 9.59 Å². The molecule has 0 saturated heterocycles. The molecule has 0 saturated carbocycles. The highest BCUT2D eigenvalue weighted by molar-refractivity contribution is 5.84. The average molecular weight is 298 g/mol. The predicted octanol–water partition coefficient (Wildman–Crippen LogP) is 1.71. The Morgan fingerprint density at radius 1 is 1.48 bits per heavy atom. The number of aromatic nitrogens is 2. The largest absolute Gasteiger partial charge is 0.480 e. The van der Waals surface area contributed by atoms with E-state index < -0.39 is 23.7 Å². The second-order valence-electron chi connectivity index (χ2n) is 5.58. The van der Waals surface area contributed by atoms with Gasteiger partial charge < -0.3 is 15.2 Å². The topological polar surface area (TPSA) is 116 Å². The zero-order valence-corrected chi connectivity index (χ0v) is 12.7. The van der Waals surface area contributed by atoms with E-state index in [1.54, 1.807) is 27.7 Å². The highest BCUT2D eigenvalue weighted by atomic mass is 16.6. The van der Waals surface area contributed by atoms with E-state index >= 15 is 0 Å². The van der Waals surface area contributed by atoms with Crippen molar-refractivity contribution in [3.8, 4) is 0 Å². The Balaban J connectivity index is 2.61. The molecule has 1 aromatic heterocycles. The Hall–Kier alpha value is -2.09. The van der Waals surface area contributed by atoms with Gasteiger partial charge in [-0.2, -0.15) is 5.10 Å². The molecule has 118 valence electrons. The molecule has 1 unspecified atom stereocenters. The van der Waals surface area contributed by atoms with Gasteiger partial charge in [-0.15, -0.1) is 0 Å². The van der Waals surface area contributed by atoms with Gasteiger partial charge in [-0.05, 0) is 27.2 Å². The lowest BCUT2D eigenvalue weighted by Gasteiger charge is -2.19. The van der Waals surface area contributed by atoms with Crippen LogP contribution in [-0.4, -0.2) is 39.0 Å². The zero-order chi connectivity index (χ0) is 16.0. The van der Waals surface area contributed by atoms with Gasteiger partial charge in [-0.1, -0.05) is 6.92 Å². The Morgan fingerprint density at radius 3 is 2.67 bits per heavy atom. The fraction of sp³-hybridized carbons (Fsp3) is 0.615. The van der Waals surface area contributed by atoms with E-state index in [-0.39, 0.29) is 6.54 Å². The van der Waals surface area contributed by atoms with Gasteiger partial charge in [0, 0.05) is 12.1 Å². The first kappa shape index (κ1) is 17.0. The molecule has 8 heteroatoms. The molecule has 1 rings (SSSR count). The third-order valence-electron chi connectivity index (χ3n) is 2.59. The molecule has 1 amide bonds. The molecule has 0 bridgehead atoms. The number of rotatable bonds is 6. The van der Waals surface area contributed by atoms with Crippen molar-refractivity contribution >= 4 is 17.9 Å². The monoisotopic (exact) mass is 298 g/mol. The number of carbonyl (C=O) groups excluding carboxylic acids is 1. The number of carbonyl (C=O) groups is 2. The first-order valence-electron chi connectivity index (χ1n) is 6.71. The summed E-state index contributed by atoms with van der Waals surface area (Å²) in [7, 11) is 0. The summed E-state index contributed by atoms with van der Waals surface area (Å²) < 4.78 is 5.14. The molecule has 1 aromatic rings. The van der Waals surface area contributed by atoms with Crippen LogP contribution in [0.5, 0.6) is 0 Å². The van der Waals surface area contributed by atoms with Crippen LogP contribution >= 0.6 is 0 Å². The van der Waals surface area contributed by atoms with Crippen LogP contribution in [0.4, 0.5) is 10.6 Å². The smallest absolute Gasteiger partial charge is 0.413 e. The van der Waals surface area contributed by atoms with Crippen LogP contribution in [0.2, 0.25) is 0 Å². The highest BCUT2D eigenvalue weighted by Gasteiger charge is 2.19. The number of carboxylic acids is 1. The van der Waals surface area contributed by atoms with Gasteiger partial charge in [-0.3, -0.25) is 15.2 Å². The van der Waals surface area contributed by atoms with Gasteiger partial charge in [0.15, 0.2) is 0 Å². The number of anilines is 1. The Morgan fingerprint density at radius 2 is 2.14 bits per heavy atom. The number of aromatic amines is 1. The van der Waals surface area contributed by atoms with Crippen LogP contribution in [0.15, 0.2) is 6.20 Å². The maximum Gasteiger partial charge on any atom is 0.413 e. The number of H-pyrrole nitrogens is 1. The molecule has 0 radical (unpaired) electrons. The highest BCUT2D eigenvalue weighted by Crippen LogP contribution is 2.14. The summed E-state index contributed by atoms with van der Waals surface area (Å²) in [5.74, 6) is -0.528. The maximum atomic E-state index is 11.7. The minimum atomic E-state index is -0.914. The minimum Gasteiger partial charge on any atom is -0.480 e. The van der Waals surface area contributed by atoms with Gasteiger partial charge in [0.1, 0.15) is 17.5 Å². The Labute approximate surface area is 123 Å². The molecule has 0 fully saturated rings. The van der Waals surface area contributed by atoms with Gasteiger partial charge in [-0.25, -0.2) is 4.79 Å². The van der Waals surface area contributed by atoms with E-state index in [4.69, 9.17) is 9.84 Å². The van der Waals surface area contributed by atoms with Crippen LogP contribution in [0, 0.1) is 0 Å². The molecule has 0 spiro atoms. The Kier molecular flexibility index (Phi) is 5.71.